The summed E-state index contributed by atoms with van der Waals surface area (Å²) in [5.74, 6) is 0.786. The SMILES string of the molecule is CC(C)S(=O)(=O)c1ccc(Nc2nc(CN3C[C@@H](C)O[C@@H](C)C3)nc3cc(-c4ncccc4C(F)(F)F)cnc23)cc1. The van der Waals surface area contributed by atoms with Gasteiger partial charge in [0.15, 0.2) is 15.7 Å². The van der Waals surface area contributed by atoms with Crippen LogP contribution in [0.3, 0.4) is 0 Å². The van der Waals surface area contributed by atoms with Gasteiger partial charge in [-0.2, -0.15) is 13.2 Å². The Bertz CT molecular complexity index is 1690. The first-order valence-electron chi connectivity index (χ1n) is 13.5. The van der Waals surface area contributed by atoms with Crippen molar-refractivity contribution >= 4 is 32.4 Å². The highest BCUT2D eigenvalue weighted by atomic mass is 32.2. The maximum Gasteiger partial charge on any atom is 0.418 e. The monoisotopic (exact) mass is 600 g/mol. The molecule has 1 saturated heterocycles. The van der Waals surface area contributed by atoms with Gasteiger partial charge in [0.05, 0.1) is 45.7 Å². The van der Waals surface area contributed by atoms with Crippen LogP contribution in [0.1, 0.15) is 39.1 Å². The van der Waals surface area contributed by atoms with Gasteiger partial charge in [0.25, 0.3) is 0 Å². The molecule has 0 bridgehead atoms. The fourth-order valence-electron chi connectivity index (χ4n) is 4.97. The molecular weight excluding hydrogens is 569 g/mol. The molecule has 42 heavy (non-hydrogen) atoms. The second-order valence-electron chi connectivity index (χ2n) is 10.7. The first kappa shape index (κ1) is 29.8. The molecule has 1 aliphatic rings. The van der Waals surface area contributed by atoms with Crippen molar-refractivity contribution in [2.45, 2.75) is 62.8 Å². The predicted octanol–water partition coefficient (Wildman–Crippen LogP) is 5.64. The molecule has 0 amide bonds. The van der Waals surface area contributed by atoms with E-state index in [0.29, 0.717) is 48.0 Å². The van der Waals surface area contributed by atoms with Crippen LogP contribution in [-0.2, 0) is 27.3 Å². The molecule has 2 atom stereocenters. The van der Waals surface area contributed by atoms with Crippen LogP contribution in [0, 0.1) is 0 Å². The highest BCUT2D eigenvalue weighted by Gasteiger charge is 2.34. The van der Waals surface area contributed by atoms with Crippen LogP contribution in [0.4, 0.5) is 24.7 Å². The van der Waals surface area contributed by atoms with Crippen molar-refractivity contribution in [2.75, 3.05) is 18.4 Å². The highest BCUT2D eigenvalue weighted by Crippen LogP contribution is 2.36. The first-order chi connectivity index (χ1) is 19.8. The highest BCUT2D eigenvalue weighted by molar-refractivity contribution is 7.92. The Hall–Kier alpha value is -3.68. The van der Waals surface area contributed by atoms with Crippen LogP contribution >= 0.6 is 0 Å². The molecule has 5 rings (SSSR count). The van der Waals surface area contributed by atoms with Gasteiger partial charge in [-0.1, -0.05) is 0 Å². The zero-order valence-corrected chi connectivity index (χ0v) is 24.4. The summed E-state index contributed by atoms with van der Waals surface area (Å²) in [6.45, 7) is 8.94. The third-order valence-electron chi connectivity index (χ3n) is 6.90. The number of pyridine rings is 2. The zero-order chi connectivity index (χ0) is 30.2. The molecule has 4 heterocycles. The van der Waals surface area contributed by atoms with Crippen molar-refractivity contribution in [3.63, 3.8) is 0 Å². The molecular formula is C29H31F3N6O3S. The number of alkyl halides is 3. The molecule has 0 saturated carbocycles. The largest absolute Gasteiger partial charge is 0.418 e. The van der Waals surface area contributed by atoms with Crippen molar-refractivity contribution in [1.29, 1.82) is 0 Å². The van der Waals surface area contributed by atoms with Gasteiger partial charge in [0.2, 0.25) is 0 Å². The van der Waals surface area contributed by atoms with E-state index in [1.165, 1.54) is 36.7 Å². The molecule has 0 spiro atoms. The number of rotatable bonds is 7. The molecule has 3 aromatic heterocycles. The van der Waals surface area contributed by atoms with Gasteiger partial charge in [0, 0.05) is 36.7 Å². The average molecular weight is 601 g/mol. The smallest absolute Gasteiger partial charge is 0.373 e. The topological polar surface area (TPSA) is 110 Å². The van der Waals surface area contributed by atoms with E-state index in [1.807, 2.05) is 13.8 Å². The molecule has 13 heteroatoms. The third kappa shape index (κ3) is 6.37. The van der Waals surface area contributed by atoms with Crippen molar-refractivity contribution in [2.24, 2.45) is 0 Å². The fraction of sp³-hybridized carbons (Fsp3) is 0.379. The number of fused-ring (bicyclic) bond motifs is 1. The molecule has 1 N–H and O–H groups in total. The number of halogens is 3. The Kier molecular flexibility index (Phi) is 8.19. The van der Waals surface area contributed by atoms with E-state index < -0.39 is 26.8 Å². The maximum atomic E-state index is 13.7. The van der Waals surface area contributed by atoms with E-state index >= 15 is 0 Å². The Morgan fingerprint density at radius 3 is 2.38 bits per heavy atom. The Morgan fingerprint density at radius 2 is 1.74 bits per heavy atom. The minimum atomic E-state index is -4.60. The van der Waals surface area contributed by atoms with Crippen LogP contribution in [0.2, 0.25) is 0 Å². The minimum absolute atomic E-state index is 0.0191. The summed E-state index contributed by atoms with van der Waals surface area (Å²) in [4.78, 5) is 20.2. The zero-order valence-electron chi connectivity index (χ0n) is 23.6. The second kappa shape index (κ2) is 11.5. The summed E-state index contributed by atoms with van der Waals surface area (Å²) in [5.41, 5.74) is 0.301. The maximum absolute atomic E-state index is 13.7. The quantitative estimate of drug-likeness (QED) is 0.288. The van der Waals surface area contributed by atoms with E-state index in [4.69, 9.17) is 9.72 Å². The van der Waals surface area contributed by atoms with Crippen molar-refractivity contribution < 1.29 is 26.3 Å². The molecule has 0 unspecified atom stereocenters. The summed E-state index contributed by atoms with van der Waals surface area (Å²) < 4.78 is 72.2. The number of ether oxygens (including phenoxy) is 1. The number of hydrogen-bond acceptors (Lipinski definition) is 9. The number of hydrogen-bond donors (Lipinski definition) is 1. The Labute approximate surface area is 242 Å². The molecule has 0 aliphatic carbocycles. The number of sulfone groups is 1. The van der Waals surface area contributed by atoms with E-state index in [-0.39, 0.29) is 28.4 Å². The molecule has 4 aromatic rings. The van der Waals surface area contributed by atoms with Gasteiger partial charge >= 0.3 is 6.18 Å². The first-order valence-corrected chi connectivity index (χ1v) is 15.0. The van der Waals surface area contributed by atoms with Gasteiger partial charge in [-0.05, 0) is 70.2 Å². The lowest BCUT2D eigenvalue weighted by Crippen LogP contribution is -2.45. The van der Waals surface area contributed by atoms with Crippen molar-refractivity contribution in [3.05, 3.63) is 66.2 Å². The van der Waals surface area contributed by atoms with Crippen LogP contribution in [-0.4, -0.2) is 63.8 Å². The second-order valence-corrected chi connectivity index (χ2v) is 13.2. The number of aromatic nitrogens is 4. The molecule has 0 radical (unpaired) electrons. The van der Waals surface area contributed by atoms with Gasteiger partial charge in [-0.15, -0.1) is 0 Å². The molecule has 9 nitrogen and oxygen atoms in total. The molecule has 1 aromatic carbocycles. The summed E-state index contributed by atoms with van der Waals surface area (Å²) in [6, 6.07) is 10.0. The lowest BCUT2D eigenvalue weighted by atomic mass is 10.1. The van der Waals surface area contributed by atoms with Gasteiger partial charge < -0.3 is 10.1 Å². The lowest BCUT2D eigenvalue weighted by molar-refractivity contribution is -0.137. The minimum Gasteiger partial charge on any atom is -0.373 e. The Morgan fingerprint density at radius 1 is 1.05 bits per heavy atom. The van der Waals surface area contributed by atoms with E-state index in [0.717, 1.165) is 6.07 Å². The summed E-state index contributed by atoms with van der Waals surface area (Å²) in [7, 11) is -3.45. The van der Waals surface area contributed by atoms with E-state index in [2.05, 4.69) is 25.2 Å². The van der Waals surface area contributed by atoms with Gasteiger partial charge in [-0.3, -0.25) is 9.88 Å². The van der Waals surface area contributed by atoms with Crippen LogP contribution in [0.25, 0.3) is 22.3 Å². The van der Waals surface area contributed by atoms with Gasteiger partial charge in [-0.25, -0.2) is 23.4 Å². The van der Waals surface area contributed by atoms with Crippen LogP contribution < -0.4 is 5.32 Å². The van der Waals surface area contributed by atoms with Crippen LogP contribution in [0.5, 0.6) is 0 Å². The van der Waals surface area contributed by atoms with E-state index in [1.54, 1.807) is 26.0 Å². The predicted molar refractivity (Wildman–Crippen MR) is 153 cm³/mol. The molecule has 1 fully saturated rings. The normalized spacial score (nSPS) is 18.5. The standard InChI is InChI=1S/C29H31F3N6O3S/c1-17(2)42(39,40)22-9-7-21(8-10-22)35-28-27-24(36-25(37-28)16-38-14-18(3)41-19(4)15-38)12-20(13-34-27)26-23(29(30,31)32)6-5-11-33-26/h5-13,17-19H,14-16H2,1-4H3,(H,35,36,37)/t18-,19+. The summed E-state index contributed by atoms with van der Waals surface area (Å²) in [5, 5.41) is 2.63. The average Bonchev–Trinajstić information content (AvgIpc) is 2.92. The Balaban J connectivity index is 1.57. The number of nitrogens with zero attached hydrogens (tertiary/aromatic N) is 5. The van der Waals surface area contributed by atoms with Crippen LogP contribution in [0.15, 0.2) is 59.8 Å². The number of nitrogens with one attached hydrogen (secondary N) is 1. The van der Waals surface area contributed by atoms with E-state index in [9.17, 15) is 21.6 Å². The summed E-state index contributed by atoms with van der Waals surface area (Å²) >= 11 is 0. The number of morpholine rings is 1. The lowest BCUT2D eigenvalue weighted by Gasteiger charge is -2.34. The molecule has 222 valence electrons. The number of benzene rings is 1. The van der Waals surface area contributed by atoms with Gasteiger partial charge in [0.1, 0.15) is 11.3 Å². The third-order valence-corrected chi connectivity index (χ3v) is 9.07. The number of anilines is 2. The van der Waals surface area contributed by atoms with Crippen molar-refractivity contribution in [3.8, 4) is 11.3 Å². The van der Waals surface area contributed by atoms with Crippen molar-refractivity contribution in [1.82, 2.24) is 24.8 Å². The molecule has 1 aliphatic heterocycles. The fourth-order valence-corrected chi connectivity index (χ4v) is 6.03. The summed E-state index contributed by atoms with van der Waals surface area (Å²) in [6.07, 6.45) is -1.94.